The molecule has 2 rings (SSSR count). The van der Waals surface area contributed by atoms with Gasteiger partial charge in [0.25, 0.3) is 0 Å². The van der Waals surface area contributed by atoms with Crippen LogP contribution in [0.2, 0.25) is 0 Å². The summed E-state index contributed by atoms with van der Waals surface area (Å²) in [4.78, 5) is 0. The van der Waals surface area contributed by atoms with Crippen LogP contribution in [0.5, 0.6) is 0 Å². The normalized spacial score (nSPS) is 11.9. The Balaban J connectivity index is 2.60. The molecule has 0 atom stereocenters. The number of rotatable bonds is 4. The average molecular weight is 322 g/mol. The third-order valence-corrected chi connectivity index (χ3v) is 3.18. The average Bonchev–Trinajstić information content (AvgIpc) is 2.81. The van der Waals surface area contributed by atoms with E-state index in [1.807, 2.05) is 6.92 Å². The smallest absolute Gasteiger partial charge is 0.310 e. The molecule has 3 nitrogen and oxygen atoms in total. The van der Waals surface area contributed by atoms with Gasteiger partial charge in [0, 0.05) is 6.54 Å². The molecule has 1 aromatic heterocycles. The summed E-state index contributed by atoms with van der Waals surface area (Å²) in [6.07, 6.45) is -4.07. The second-order valence-electron chi connectivity index (χ2n) is 4.39. The van der Waals surface area contributed by atoms with Crippen molar-refractivity contribution < 1.29 is 17.6 Å². The predicted octanol–water partition coefficient (Wildman–Crippen LogP) is 4.25. The number of benzene rings is 1. The van der Waals surface area contributed by atoms with Crippen LogP contribution in [0.1, 0.15) is 24.7 Å². The SMILES string of the molecule is CCCn1c(CCl)nnc1-c1cccc(C(F)(F)F)c1F. The molecule has 0 bridgehead atoms. The number of alkyl halides is 4. The fourth-order valence-corrected chi connectivity index (χ4v) is 2.21. The molecule has 0 unspecified atom stereocenters. The largest absolute Gasteiger partial charge is 0.419 e. The van der Waals surface area contributed by atoms with E-state index in [0.717, 1.165) is 6.07 Å². The van der Waals surface area contributed by atoms with Gasteiger partial charge >= 0.3 is 6.18 Å². The highest BCUT2D eigenvalue weighted by Gasteiger charge is 2.35. The summed E-state index contributed by atoms with van der Waals surface area (Å²) in [7, 11) is 0. The fourth-order valence-electron chi connectivity index (χ4n) is 2.02. The van der Waals surface area contributed by atoms with Gasteiger partial charge in [-0.3, -0.25) is 0 Å². The van der Waals surface area contributed by atoms with Crippen molar-refractivity contribution in [2.45, 2.75) is 31.9 Å². The van der Waals surface area contributed by atoms with Gasteiger partial charge in [-0.15, -0.1) is 21.8 Å². The summed E-state index contributed by atoms with van der Waals surface area (Å²) in [5, 5.41) is 7.58. The highest BCUT2D eigenvalue weighted by Crippen LogP contribution is 2.35. The lowest BCUT2D eigenvalue weighted by molar-refractivity contribution is -0.139. The molecule has 21 heavy (non-hydrogen) atoms. The number of hydrogen-bond acceptors (Lipinski definition) is 2. The lowest BCUT2D eigenvalue weighted by Crippen LogP contribution is -2.10. The minimum absolute atomic E-state index is 0.0492. The van der Waals surface area contributed by atoms with Crippen LogP contribution >= 0.6 is 11.6 Å². The first-order valence-corrected chi connectivity index (χ1v) is 6.77. The van der Waals surface area contributed by atoms with Crippen molar-refractivity contribution in [2.24, 2.45) is 0 Å². The zero-order valence-electron chi connectivity index (χ0n) is 11.1. The molecule has 0 spiro atoms. The second-order valence-corrected chi connectivity index (χ2v) is 4.66. The van der Waals surface area contributed by atoms with Crippen molar-refractivity contribution in [2.75, 3.05) is 0 Å². The molecule has 0 aliphatic heterocycles. The number of halogens is 5. The molecule has 1 heterocycles. The molecule has 0 amide bonds. The lowest BCUT2D eigenvalue weighted by Gasteiger charge is -2.12. The van der Waals surface area contributed by atoms with Crippen molar-refractivity contribution >= 4 is 11.6 Å². The van der Waals surface area contributed by atoms with E-state index in [2.05, 4.69) is 10.2 Å². The number of aromatic nitrogens is 3. The number of hydrogen-bond donors (Lipinski definition) is 0. The summed E-state index contributed by atoms with van der Waals surface area (Å²) >= 11 is 5.72. The van der Waals surface area contributed by atoms with Gasteiger partial charge in [0.2, 0.25) is 0 Å². The molecular formula is C13H12ClF4N3. The Morgan fingerprint density at radius 3 is 2.52 bits per heavy atom. The van der Waals surface area contributed by atoms with Gasteiger partial charge in [-0.2, -0.15) is 13.2 Å². The fraction of sp³-hybridized carbons (Fsp3) is 0.385. The topological polar surface area (TPSA) is 30.7 Å². The predicted molar refractivity (Wildman–Crippen MR) is 70.3 cm³/mol. The lowest BCUT2D eigenvalue weighted by atomic mass is 10.1. The van der Waals surface area contributed by atoms with Crippen LogP contribution in [0.25, 0.3) is 11.4 Å². The summed E-state index contributed by atoms with van der Waals surface area (Å²) in [5.74, 6) is -0.856. The van der Waals surface area contributed by atoms with E-state index >= 15 is 0 Å². The molecule has 0 aliphatic rings. The third-order valence-electron chi connectivity index (χ3n) is 2.94. The van der Waals surface area contributed by atoms with Gasteiger partial charge in [-0.05, 0) is 18.6 Å². The number of nitrogens with zero attached hydrogens (tertiary/aromatic N) is 3. The first-order valence-electron chi connectivity index (χ1n) is 6.24. The summed E-state index contributed by atoms with van der Waals surface area (Å²) in [6, 6.07) is 3.09. The minimum atomic E-state index is -4.76. The molecule has 0 N–H and O–H groups in total. The molecule has 1 aromatic carbocycles. The first-order chi connectivity index (χ1) is 9.90. The van der Waals surface area contributed by atoms with Crippen molar-refractivity contribution in [1.29, 1.82) is 0 Å². The van der Waals surface area contributed by atoms with E-state index in [4.69, 9.17) is 11.6 Å². The first kappa shape index (κ1) is 15.8. The second kappa shape index (κ2) is 6.01. The van der Waals surface area contributed by atoms with E-state index in [0.29, 0.717) is 24.9 Å². The summed E-state index contributed by atoms with van der Waals surface area (Å²) in [5.41, 5.74) is -1.55. The molecule has 0 fully saturated rings. The van der Waals surface area contributed by atoms with Crippen molar-refractivity contribution in [1.82, 2.24) is 14.8 Å². The van der Waals surface area contributed by atoms with E-state index < -0.39 is 17.6 Å². The minimum Gasteiger partial charge on any atom is -0.310 e. The zero-order valence-corrected chi connectivity index (χ0v) is 11.8. The van der Waals surface area contributed by atoms with Crippen LogP contribution in [-0.2, 0) is 18.6 Å². The molecule has 2 aromatic rings. The van der Waals surface area contributed by atoms with Gasteiger partial charge in [0.15, 0.2) is 5.82 Å². The molecule has 8 heteroatoms. The maximum atomic E-state index is 14.2. The van der Waals surface area contributed by atoms with Crippen molar-refractivity contribution in [3.05, 3.63) is 35.4 Å². The Morgan fingerprint density at radius 2 is 1.95 bits per heavy atom. The molecule has 0 aliphatic carbocycles. The van der Waals surface area contributed by atoms with E-state index in [1.165, 1.54) is 10.6 Å². The maximum absolute atomic E-state index is 14.2. The van der Waals surface area contributed by atoms with Gasteiger partial charge < -0.3 is 4.57 Å². The van der Waals surface area contributed by atoms with E-state index in [1.54, 1.807) is 0 Å². The van der Waals surface area contributed by atoms with E-state index in [9.17, 15) is 17.6 Å². The molecule has 0 saturated carbocycles. The van der Waals surface area contributed by atoms with Crippen LogP contribution < -0.4 is 0 Å². The Bertz CT molecular complexity index is 637. The van der Waals surface area contributed by atoms with Gasteiger partial charge in [0.1, 0.15) is 11.6 Å². The quantitative estimate of drug-likeness (QED) is 0.622. The summed E-state index contributed by atoms with van der Waals surface area (Å²) in [6.45, 7) is 2.32. The monoisotopic (exact) mass is 321 g/mol. The van der Waals surface area contributed by atoms with Crippen LogP contribution in [0.3, 0.4) is 0 Å². The molecular weight excluding hydrogens is 310 g/mol. The van der Waals surface area contributed by atoms with Crippen LogP contribution in [0.4, 0.5) is 17.6 Å². The highest BCUT2D eigenvalue weighted by atomic mass is 35.5. The van der Waals surface area contributed by atoms with Gasteiger partial charge in [-0.1, -0.05) is 13.0 Å². The molecule has 114 valence electrons. The third kappa shape index (κ3) is 3.02. The zero-order chi connectivity index (χ0) is 15.6. The van der Waals surface area contributed by atoms with Gasteiger partial charge in [-0.25, -0.2) is 4.39 Å². The van der Waals surface area contributed by atoms with Crippen molar-refractivity contribution in [3.63, 3.8) is 0 Å². The van der Waals surface area contributed by atoms with Gasteiger partial charge in [0.05, 0.1) is 17.0 Å². The van der Waals surface area contributed by atoms with Crippen LogP contribution in [0, 0.1) is 5.82 Å². The Kier molecular flexibility index (Phi) is 4.51. The highest BCUT2D eigenvalue weighted by molar-refractivity contribution is 6.16. The molecule has 0 radical (unpaired) electrons. The van der Waals surface area contributed by atoms with Crippen LogP contribution in [-0.4, -0.2) is 14.8 Å². The van der Waals surface area contributed by atoms with E-state index in [-0.39, 0.29) is 17.3 Å². The van der Waals surface area contributed by atoms with Crippen LogP contribution in [0.15, 0.2) is 18.2 Å². The maximum Gasteiger partial charge on any atom is 0.419 e. The standard InChI is InChI=1S/C13H12ClF4N3/c1-2-6-21-10(7-14)19-20-12(21)8-4-3-5-9(11(8)15)13(16,17)18/h3-5H,2,6-7H2,1H3. The Labute approximate surface area is 123 Å². The Morgan fingerprint density at radius 1 is 1.24 bits per heavy atom. The molecule has 0 saturated heterocycles. The van der Waals surface area contributed by atoms with Crippen molar-refractivity contribution in [3.8, 4) is 11.4 Å². The summed E-state index contributed by atoms with van der Waals surface area (Å²) < 4.78 is 54.0. The Hall–Kier alpha value is -1.63.